The number of benzene rings is 1. The predicted molar refractivity (Wildman–Crippen MR) is 117 cm³/mol. The van der Waals surface area contributed by atoms with E-state index in [1.807, 2.05) is 0 Å². The Morgan fingerprint density at radius 3 is 2.59 bits per heavy atom. The molecule has 0 aliphatic carbocycles. The molecule has 1 unspecified atom stereocenters. The lowest BCUT2D eigenvalue weighted by molar-refractivity contribution is -0.384. The van der Waals surface area contributed by atoms with Gasteiger partial charge >= 0.3 is 0 Å². The van der Waals surface area contributed by atoms with E-state index in [9.17, 15) is 10.1 Å². The summed E-state index contributed by atoms with van der Waals surface area (Å²) >= 11 is 0. The summed E-state index contributed by atoms with van der Waals surface area (Å²) in [6.07, 6.45) is 4.85. The molecule has 150 valence electrons. The molecule has 2 heterocycles. The number of hydrogen-bond donors (Lipinski definition) is 1. The number of nitrogens with one attached hydrogen (secondary N) is 1. The summed E-state index contributed by atoms with van der Waals surface area (Å²) in [5, 5.41) is 14.3. The number of aliphatic imine (C=N–C) groups is 1. The van der Waals surface area contributed by atoms with Crippen LogP contribution in [-0.4, -0.2) is 48.1 Å². The van der Waals surface area contributed by atoms with Crippen LogP contribution in [0.3, 0.4) is 0 Å². The molecule has 0 amide bonds. The molecule has 8 heteroatoms. The summed E-state index contributed by atoms with van der Waals surface area (Å²) in [6, 6.07) is 6.62. The first-order valence-electron chi connectivity index (χ1n) is 9.50. The molecule has 7 nitrogen and oxygen atoms in total. The van der Waals surface area contributed by atoms with Gasteiger partial charge in [-0.1, -0.05) is 19.1 Å². The lowest BCUT2D eigenvalue weighted by Gasteiger charge is -2.33. The number of ether oxygens (including phenoxy) is 1. The van der Waals surface area contributed by atoms with E-state index in [1.165, 1.54) is 25.0 Å². The molecule has 0 bridgehead atoms. The van der Waals surface area contributed by atoms with E-state index in [0.717, 1.165) is 56.5 Å². The van der Waals surface area contributed by atoms with Crippen LogP contribution in [0, 0.1) is 16.0 Å². The minimum Gasteiger partial charge on any atom is -0.376 e. The van der Waals surface area contributed by atoms with E-state index in [2.05, 4.69) is 17.1 Å². The fraction of sp³-hybridized carbons (Fsp3) is 0.632. The summed E-state index contributed by atoms with van der Waals surface area (Å²) in [7, 11) is 0. The fourth-order valence-electron chi connectivity index (χ4n) is 3.39. The molecule has 2 aliphatic heterocycles. The molecule has 1 aromatic carbocycles. The number of nitrogens with zero attached hydrogens (tertiary/aromatic N) is 3. The van der Waals surface area contributed by atoms with Gasteiger partial charge in [0.25, 0.3) is 5.69 Å². The lowest BCUT2D eigenvalue weighted by atomic mass is 9.99. The van der Waals surface area contributed by atoms with Gasteiger partial charge in [0, 0.05) is 38.4 Å². The van der Waals surface area contributed by atoms with Crippen molar-refractivity contribution in [1.29, 1.82) is 0 Å². The summed E-state index contributed by atoms with van der Waals surface area (Å²) in [4.78, 5) is 17.5. The van der Waals surface area contributed by atoms with Crippen molar-refractivity contribution in [2.75, 3.05) is 26.2 Å². The first kappa shape index (κ1) is 21.9. The van der Waals surface area contributed by atoms with Gasteiger partial charge in [-0.3, -0.25) is 10.1 Å². The number of hydrogen-bond acceptors (Lipinski definition) is 4. The Kier molecular flexibility index (Phi) is 8.75. The highest BCUT2D eigenvalue weighted by Crippen LogP contribution is 2.17. The molecule has 0 saturated carbocycles. The largest absolute Gasteiger partial charge is 0.376 e. The highest BCUT2D eigenvalue weighted by molar-refractivity contribution is 14.0. The van der Waals surface area contributed by atoms with Gasteiger partial charge in [0.05, 0.1) is 17.6 Å². The smallest absolute Gasteiger partial charge is 0.269 e. The van der Waals surface area contributed by atoms with Gasteiger partial charge in [-0.2, -0.15) is 0 Å². The minimum absolute atomic E-state index is 0. The third kappa shape index (κ3) is 6.60. The molecule has 1 atom stereocenters. The van der Waals surface area contributed by atoms with Crippen molar-refractivity contribution in [3.05, 3.63) is 39.9 Å². The number of piperidine rings is 1. The molecule has 1 N–H and O–H groups in total. The van der Waals surface area contributed by atoms with E-state index in [4.69, 9.17) is 9.73 Å². The average molecular weight is 488 g/mol. The Balaban J connectivity index is 0.00000261. The van der Waals surface area contributed by atoms with Crippen LogP contribution in [0.4, 0.5) is 5.69 Å². The van der Waals surface area contributed by atoms with Crippen LogP contribution < -0.4 is 5.32 Å². The van der Waals surface area contributed by atoms with Crippen LogP contribution >= 0.6 is 24.0 Å². The molecule has 3 rings (SSSR count). The standard InChI is InChI=1S/C19H28N4O3.HI/c1-15-8-10-22(11-9-15)19(21-14-18-3-2-12-26-18)20-13-16-4-6-17(7-5-16)23(24)25;/h4-7,15,18H,2-3,8-14H2,1H3,(H,20,21);1H. The lowest BCUT2D eigenvalue weighted by Crippen LogP contribution is -2.47. The second kappa shape index (κ2) is 10.8. The third-order valence-electron chi connectivity index (χ3n) is 5.15. The third-order valence-corrected chi connectivity index (χ3v) is 5.15. The van der Waals surface area contributed by atoms with Gasteiger partial charge in [-0.25, -0.2) is 4.99 Å². The summed E-state index contributed by atoms with van der Waals surface area (Å²) in [5.74, 6) is 1.69. The Morgan fingerprint density at radius 1 is 1.30 bits per heavy atom. The molecular formula is C19H29IN4O3. The summed E-state index contributed by atoms with van der Waals surface area (Å²) in [6.45, 7) is 6.47. The average Bonchev–Trinajstić information content (AvgIpc) is 3.17. The van der Waals surface area contributed by atoms with Gasteiger partial charge in [0.15, 0.2) is 5.96 Å². The van der Waals surface area contributed by atoms with Crippen molar-refractivity contribution in [2.24, 2.45) is 10.9 Å². The van der Waals surface area contributed by atoms with Crippen molar-refractivity contribution in [3.63, 3.8) is 0 Å². The predicted octanol–water partition coefficient (Wildman–Crippen LogP) is 3.57. The number of halogens is 1. The molecule has 2 saturated heterocycles. The maximum Gasteiger partial charge on any atom is 0.269 e. The molecule has 0 radical (unpaired) electrons. The Morgan fingerprint density at radius 2 is 2.00 bits per heavy atom. The zero-order valence-electron chi connectivity index (χ0n) is 15.8. The Hall–Kier alpha value is -1.42. The molecular weight excluding hydrogens is 459 g/mol. The maximum atomic E-state index is 10.8. The number of likely N-dealkylation sites (tertiary alicyclic amines) is 1. The number of nitro groups is 1. The van der Waals surface area contributed by atoms with Gasteiger partial charge in [0.1, 0.15) is 0 Å². The van der Waals surface area contributed by atoms with Gasteiger partial charge in [-0.05, 0) is 37.2 Å². The Labute approximate surface area is 177 Å². The van der Waals surface area contributed by atoms with Crippen molar-refractivity contribution in [2.45, 2.75) is 45.3 Å². The van der Waals surface area contributed by atoms with Crippen LogP contribution in [-0.2, 0) is 11.3 Å². The maximum absolute atomic E-state index is 10.8. The van der Waals surface area contributed by atoms with Gasteiger partial charge in [-0.15, -0.1) is 24.0 Å². The van der Waals surface area contributed by atoms with Crippen LogP contribution in [0.5, 0.6) is 0 Å². The van der Waals surface area contributed by atoms with Gasteiger partial charge in [0.2, 0.25) is 0 Å². The van der Waals surface area contributed by atoms with E-state index in [1.54, 1.807) is 12.1 Å². The highest BCUT2D eigenvalue weighted by atomic mass is 127. The summed E-state index contributed by atoms with van der Waals surface area (Å²) < 4.78 is 5.71. The SMILES string of the molecule is CC1CCN(C(=NCc2ccc([N+](=O)[O-])cc2)NCC2CCCO2)CC1.I. The first-order chi connectivity index (χ1) is 12.6. The molecule has 2 fully saturated rings. The van der Waals surface area contributed by atoms with E-state index in [0.29, 0.717) is 6.54 Å². The molecule has 0 aromatic heterocycles. The van der Waals surface area contributed by atoms with Crippen LogP contribution in [0.25, 0.3) is 0 Å². The molecule has 2 aliphatic rings. The van der Waals surface area contributed by atoms with E-state index >= 15 is 0 Å². The van der Waals surface area contributed by atoms with Crippen LogP contribution in [0.15, 0.2) is 29.3 Å². The van der Waals surface area contributed by atoms with Crippen molar-refractivity contribution >= 4 is 35.6 Å². The molecule has 1 aromatic rings. The number of non-ortho nitro benzene ring substituents is 1. The van der Waals surface area contributed by atoms with Crippen LogP contribution in [0.1, 0.15) is 38.2 Å². The van der Waals surface area contributed by atoms with Crippen molar-refractivity contribution in [3.8, 4) is 0 Å². The number of guanidine groups is 1. The second-order valence-electron chi connectivity index (χ2n) is 7.25. The fourth-order valence-corrected chi connectivity index (χ4v) is 3.39. The van der Waals surface area contributed by atoms with E-state index < -0.39 is 0 Å². The highest BCUT2D eigenvalue weighted by Gasteiger charge is 2.21. The zero-order valence-corrected chi connectivity index (χ0v) is 18.1. The Bertz CT molecular complexity index is 624. The van der Waals surface area contributed by atoms with E-state index in [-0.39, 0.29) is 40.7 Å². The van der Waals surface area contributed by atoms with Crippen molar-refractivity contribution < 1.29 is 9.66 Å². The topological polar surface area (TPSA) is 80.0 Å². The van der Waals surface area contributed by atoms with Crippen molar-refractivity contribution in [1.82, 2.24) is 10.2 Å². The molecule has 27 heavy (non-hydrogen) atoms. The number of rotatable bonds is 5. The first-order valence-corrected chi connectivity index (χ1v) is 9.50. The second-order valence-corrected chi connectivity index (χ2v) is 7.25. The zero-order chi connectivity index (χ0) is 18.4. The van der Waals surface area contributed by atoms with Gasteiger partial charge < -0.3 is 15.0 Å². The molecule has 0 spiro atoms. The minimum atomic E-state index is -0.378. The monoisotopic (exact) mass is 488 g/mol. The normalized spacial score (nSPS) is 21.0. The van der Waals surface area contributed by atoms with Crippen LogP contribution in [0.2, 0.25) is 0 Å². The summed E-state index contributed by atoms with van der Waals surface area (Å²) in [5.41, 5.74) is 1.08. The number of nitro benzene ring substituents is 1. The quantitative estimate of drug-likeness (QED) is 0.226.